The lowest BCUT2D eigenvalue weighted by Gasteiger charge is -2.19. The predicted molar refractivity (Wildman–Crippen MR) is 64.8 cm³/mol. The minimum atomic E-state index is 0.0338. The van der Waals surface area contributed by atoms with Crippen molar-refractivity contribution in [3.63, 3.8) is 0 Å². The maximum absolute atomic E-state index is 11.9. The van der Waals surface area contributed by atoms with E-state index in [-0.39, 0.29) is 5.78 Å². The maximum Gasteiger partial charge on any atom is 0.196 e. The number of carbonyl (C=O) groups excluding carboxylic acids is 1. The summed E-state index contributed by atoms with van der Waals surface area (Å²) >= 11 is 0. The van der Waals surface area contributed by atoms with Crippen LogP contribution in [0.5, 0.6) is 0 Å². The first-order valence-corrected chi connectivity index (χ1v) is 5.94. The van der Waals surface area contributed by atoms with Crippen molar-refractivity contribution in [2.24, 2.45) is 5.92 Å². The van der Waals surface area contributed by atoms with Gasteiger partial charge in [-0.3, -0.25) is 14.7 Å². The molecule has 17 heavy (non-hydrogen) atoms. The lowest BCUT2D eigenvalue weighted by molar-refractivity contribution is 0.0934. The van der Waals surface area contributed by atoms with Gasteiger partial charge in [0.25, 0.3) is 0 Å². The Bertz CT molecular complexity index is 362. The van der Waals surface area contributed by atoms with Gasteiger partial charge in [-0.1, -0.05) is 0 Å². The number of hydrogen-bond donors (Lipinski definition) is 1. The molecular formula is C12H18N4O. The molecule has 1 N–H and O–H groups in total. The van der Waals surface area contributed by atoms with Gasteiger partial charge in [-0.15, -0.1) is 0 Å². The van der Waals surface area contributed by atoms with Crippen LogP contribution in [-0.2, 0) is 0 Å². The Balaban J connectivity index is 1.81. The van der Waals surface area contributed by atoms with Crippen molar-refractivity contribution in [3.05, 3.63) is 24.3 Å². The zero-order valence-corrected chi connectivity index (χ0v) is 10.1. The fourth-order valence-electron chi connectivity index (χ4n) is 2.14. The van der Waals surface area contributed by atoms with Gasteiger partial charge in [0, 0.05) is 18.9 Å². The van der Waals surface area contributed by atoms with Crippen molar-refractivity contribution in [2.45, 2.75) is 6.42 Å². The molecule has 2 heterocycles. The molecule has 0 amide bonds. The Morgan fingerprint density at radius 1 is 1.59 bits per heavy atom. The molecule has 0 aromatic carbocycles. The van der Waals surface area contributed by atoms with Crippen LogP contribution in [0.1, 0.15) is 16.9 Å². The van der Waals surface area contributed by atoms with E-state index in [1.165, 1.54) is 12.6 Å². The van der Waals surface area contributed by atoms with Gasteiger partial charge in [0.1, 0.15) is 5.69 Å². The SMILES string of the molecule is CN(CC(=O)c1cnccn1)CC1CCNC1. The van der Waals surface area contributed by atoms with Crippen LogP contribution in [0.25, 0.3) is 0 Å². The average Bonchev–Trinajstić information content (AvgIpc) is 2.82. The van der Waals surface area contributed by atoms with Crippen LogP contribution < -0.4 is 5.32 Å². The molecule has 1 aromatic heterocycles. The Morgan fingerprint density at radius 3 is 3.12 bits per heavy atom. The Labute approximate surface area is 101 Å². The van der Waals surface area contributed by atoms with Gasteiger partial charge in [-0.25, -0.2) is 4.98 Å². The van der Waals surface area contributed by atoms with E-state index in [4.69, 9.17) is 0 Å². The van der Waals surface area contributed by atoms with E-state index >= 15 is 0 Å². The lowest BCUT2D eigenvalue weighted by Crippen LogP contribution is -2.32. The molecule has 0 saturated carbocycles. The quantitative estimate of drug-likeness (QED) is 0.738. The van der Waals surface area contributed by atoms with Crippen LogP contribution in [0.2, 0.25) is 0 Å². The summed E-state index contributed by atoms with van der Waals surface area (Å²) in [5.41, 5.74) is 0.448. The molecule has 1 unspecified atom stereocenters. The summed E-state index contributed by atoms with van der Waals surface area (Å²) in [6, 6.07) is 0. The van der Waals surface area contributed by atoms with Crippen molar-refractivity contribution in [1.82, 2.24) is 20.2 Å². The number of Topliss-reactive ketones (excluding diaryl/α,β-unsaturated/α-hetero) is 1. The van der Waals surface area contributed by atoms with Crippen molar-refractivity contribution in [1.29, 1.82) is 0 Å². The normalized spacial score (nSPS) is 19.8. The van der Waals surface area contributed by atoms with Gasteiger partial charge in [-0.05, 0) is 32.5 Å². The summed E-state index contributed by atoms with van der Waals surface area (Å²) in [5, 5.41) is 3.33. The first-order chi connectivity index (χ1) is 8.25. The number of carbonyl (C=O) groups is 1. The van der Waals surface area contributed by atoms with E-state index in [0.717, 1.165) is 19.6 Å². The fourth-order valence-corrected chi connectivity index (χ4v) is 2.14. The van der Waals surface area contributed by atoms with Crippen LogP contribution in [-0.4, -0.2) is 53.9 Å². The molecule has 1 aromatic rings. The zero-order valence-electron chi connectivity index (χ0n) is 10.1. The highest BCUT2D eigenvalue weighted by atomic mass is 16.1. The molecule has 92 valence electrons. The van der Waals surface area contributed by atoms with Crippen molar-refractivity contribution >= 4 is 5.78 Å². The summed E-state index contributed by atoms with van der Waals surface area (Å²) in [5.74, 6) is 0.696. The van der Waals surface area contributed by atoms with E-state index in [0.29, 0.717) is 18.2 Å². The van der Waals surface area contributed by atoms with Crippen LogP contribution in [0.4, 0.5) is 0 Å². The average molecular weight is 234 g/mol. The largest absolute Gasteiger partial charge is 0.316 e. The van der Waals surface area contributed by atoms with Gasteiger partial charge in [0.2, 0.25) is 0 Å². The topological polar surface area (TPSA) is 58.1 Å². The Morgan fingerprint density at radius 2 is 2.47 bits per heavy atom. The summed E-state index contributed by atoms with van der Waals surface area (Å²) in [7, 11) is 1.98. The number of ketones is 1. The van der Waals surface area contributed by atoms with Crippen LogP contribution in [0, 0.1) is 5.92 Å². The first-order valence-electron chi connectivity index (χ1n) is 5.94. The second kappa shape index (κ2) is 5.84. The third-order valence-electron chi connectivity index (χ3n) is 2.99. The maximum atomic E-state index is 11.9. The van der Waals surface area contributed by atoms with Crippen LogP contribution in [0.15, 0.2) is 18.6 Å². The molecule has 0 bridgehead atoms. The third-order valence-corrected chi connectivity index (χ3v) is 2.99. The molecule has 2 rings (SSSR count). The van der Waals surface area contributed by atoms with E-state index in [2.05, 4.69) is 20.2 Å². The first kappa shape index (κ1) is 12.1. The van der Waals surface area contributed by atoms with E-state index in [9.17, 15) is 4.79 Å². The standard InChI is InChI=1S/C12H18N4O/c1-16(8-10-2-3-13-6-10)9-12(17)11-7-14-4-5-15-11/h4-5,7,10,13H,2-3,6,8-9H2,1H3. The van der Waals surface area contributed by atoms with Crippen molar-refractivity contribution < 1.29 is 4.79 Å². The molecular weight excluding hydrogens is 216 g/mol. The molecule has 5 heteroatoms. The summed E-state index contributed by atoms with van der Waals surface area (Å²) in [6.07, 6.45) is 5.84. The van der Waals surface area contributed by atoms with Gasteiger partial charge in [0.05, 0.1) is 12.7 Å². The van der Waals surface area contributed by atoms with Crippen LogP contribution >= 0.6 is 0 Å². The van der Waals surface area contributed by atoms with Gasteiger partial charge < -0.3 is 5.32 Å². The smallest absolute Gasteiger partial charge is 0.196 e. The molecule has 0 spiro atoms. The zero-order chi connectivity index (χ0) is 12.1. The second-order valence-electron chi connectivity index (χ2n) is 4.57. The molecule has 1 aliphatic heterocycles. The molecule has 1 saturated heterocycles. The highest BCUT2D eigenvalue weighted by molar-refractivity contribution is 5.95. The van der Waals surface area contributed by atoms with E-state index in [1.54, 1.807) is 12.4 Å². The van der Waals surface area contributed by atoms with E-state index in [1.807, 2.05) is 7.05 Å². The van der Waals surface area contributed by atoms with Crippen molar-refractivity contribution in [3.8, 4) is 0 Å². The van der Waals surface area contributed by atoms with Crippen LogP contribution in [0.3, 0.4) is 0 Å². The van der Waals surface area contributed by atoms with E-state index < -0.39 is 0 Å². The fraction of sp³-hybridized carbons (Fsp3) is 0.583. The number of aromatic nitrogens is 2. The van der Waals surface area contributed by atoms with Gasteiger partial charge >= 0.3 is 0 Å². The Hall–Kier alpha value is -1.33. The molecule has 0 radical (unpaired) electrons. The van der Waals surface area contributed by atoms with Gasteiger partial charge in [0.15, 0.2) is 5.78 Å². The van der Waals surface area contributed by atoms with Crippen molar-refractivity contribution in [2.75, 3.05) is 33.2 Å². The highest BCUT2D eigenvalue weighted by Crippen LogP contribution is 2.08. The molecule has 1 aliphatic rings. The monoisotopic (exact) mass is 234 g/mol. The second-order valence-corrected chi connectivity index (χ2v) is 4.57. The highest BCUT2D eigenvalue weighted by Gasteiger charge is 2.18. The Kier molecular flexibility index (Phi) is 4.17. The number of likely N-dealkylation sites (N-methyl/N-ethyl adjacent to an activating group) is 1. The third kappa shape index (κ3) is 3.57. The summed E-state index contributed by atoms with van der Waals surface area (Å²) in [6.45, 7) is 3.52. The molecule has 5 nitrogen and oxygen atoms in total. The number of hydrogen-bond acceptors (Lipinski definition) is 5. The predicted octanol–water partition coefficient (Wildman–Crippen LogP) is 0.201. The number of nitrogens with one attached hydrogen (secondary N) is 1. The molecule has 0 aliphatic carbocycles. The molecule has 1 fully saturated rings. The molecule has 1 atom stereocenters. The minimum absolute atomic E-state index is 0.0338. The lowest BCUT2D eigenvalue weighted by atomic mass is 10.1. The minimum Gasteiger partial charge on any atom is -0.316 e. The summed E-state index contributed by atoms with van der Waals surface area (Å²) in [4.78, 5) is 21.9. The number of rotatable bonds is 5. The number of nitrogens with zero attached hydrogens (tertiary/aromatic N) is 3. The summed E-state index contributed by atoms with van der Waals surface area (Å²) < 4.78 is 0. The van der Waals surface area contributed by atoms with Gasteiger partial charge in [-0.2, -0.15) is 0 Å².